The van der Waals surface area contributed by atoms with E-state index in [1.807, 2.05) is 0 Å². The van der Waals surface area contributed by atoms with Gasteiger partial charge in [-0.15, -0.1) is 0 Å². The third-order valence-corrected chi connectivity index (χ3v) is 13.7. The Labute approximate surface area is 538 Å². The first-order valence-corrected chi connectivity index (χ1v) is 30.4. The van der Waals surface area contributed by atoms with Crippen LogP contribution in [0.5, 0.6) is 0 Å². The zero-order chi connectivity index (χ0) is 69.8. The van der Waals surface area contributed by atoms with Crippen molar-refractivity contribution in [3.63, 3.8) is 0 Å². The Hall–Kier alpha value is -9.86. The maximum absolute atomic E-state index is 14.6. The molecule has 0 radical (unpaired) electrons. The molecule has 0 aliphatic carbocycles. The molecule has 0 aliphatic heterocycles. The highest BCUT2D eigenvalue weighted by molar-refractivity contribution is 5.98. The molecule has 1 aromatic rings. The molecule has 0 bridgehead atoms. The molecule has 0 unspecified atom stereocenters. The summed E-state index contributed by atoms with van der Waals surface area (Å²) in [6.07, 6.45) is 3.23. The van der Waals surface area contributed by atoms with E-state index in [1.165, 1.54) is 12.5 Å². The fourth-order valence-corrected chi connectivity index (χ4v) is 8.82. The molecule has 40 heteroatoms. The number of carboxylic acids is 1. The summed E-state index contributed by atoms with van der Waals surface area (Å²) in [4.78, 5) is 165. The molecule has 524 valence electrons. The van der Waals surface area contributed by atoms with Crippen LogP contribution in [0.3, 0.4) is 0 Å². The van der Waals surface area contributed by atoms with Gasteiger partial charge in [0.25, 0.3) is 0 Å². The van der Waals surface area contributed by atoms with Gasteiger partial charge in [0.1, 0.15) is 48.3 Å². The minimum Gasteiger partial charge on any atom is -0.480 e. The van der Waals surface area contributed by atoms with Crippen molar-refractivity contribution in [1.82, 2.24) is 52.5 Å². The van der Waals surface area contributed by atoms with E-state index >= 15 is 0 Å². The summed E-state index contributed by atoms with van der Waals surface area (Å²) in [5.74, 6) is -10.7. The number of nitrogens with one attached hydrogen (secondary N) is 9. The maximum atomic E-state index is 14.6. The number of H-pyrrole nitrogens is 1. The number of nitrogens with two attached hydrogens (primary N) is 14. The van der Waals surface area contributed by atoms with Crippen LogP contribution in [0.15, 0.2) is 37.5 Å². The highest BCUT2D eigenvalue weighted by atomic mass is 16.4. The van der Waals surface area contributed by atoms with Gasteiger partial charge >= 0.3 is 5.97 Å². The highest BCUT2D eigenvalue weighted by Crippen LogP contribution is 2.12. The molecule has 40 nitrogen and oxygen atoms in total. The SMILES string of the molecule is NCCCC[C@H](NC(=O)[C@H](N)CCCN=C(N)N)C(=O)N[C@@H](CCCCN)C(=O)N[C@@H](CCCN=C(N)N)C(=O)N[C@H](CCCN=C(N)N)C(=O)N[C@@H](CCC(N)=O)C(=O)N[C@@H](Cc1cnc[nH]1)C(=O)N[C@@H](CCCN=C(N)N)C(=O)N[C@H](CCCN=C(N)N)C(=O)O. The number of hydrogen-bond donors (Lipinski definition) is 24. The van der Waals surface area contributed by atoms with Crippen LogP contribution in [0.2, 0.25) is 0 Å². The van der Waals surface area contributed by atoms with E-state index in [2.05, 4.69) is 77.5 Å². The predicted octanol–water partition coefficient (Wildman–Crippen LogP) is -9.97. The van der Waals surface area contributed by atoms with Crippen molar-refractivity contribution >= 4 is 88.9 Å². The number of hydrogen-bond acceptors (Lipinski definition) is 19. The molecule has 0 saturated heterocycles. The van der Waals surface area contributed by atoms with Crippen LogP contribution in [-0.2, 0) is 54.4 Å². The topological polar surface area (TPSA) is 742 Å². The van der Waals surface area contributed by atoms with Crippen molar-refractivity contribution in [2.45, 2.75) is 176 Å². The number of nitrogens with zero attached hydrogens (tertiary/aromatic N) is 6. The lowest BCUT2D eigenvalue weighted by Crippen LogP contribution is -2.60. The van der Waals surface area contributed by atoms with Crippen LogP contribution in [-0.4, -0.2) is 204 Å². The summed E-state index contributed by atoms with van der Waals surface area (Å²) in [6.45, 7) is 0.646. The van der Waals surface area contributed by atoms with Gasteiger partial charge in [0.2, 0.25) is 53.2 Å². The summed E-state index contributed by atoms with van der Waals surface area (Å²) in [6, 6.07) is -12.8. The number of carboxylic acid groups (broad SMARTS) is 1. The van der Waals surface area contributed by atoms with E-state index in [9.17, 15) is 53.1 Å². The number of aliphatic carboxylic acids is 1. The van der Waals surface area contributed by atoms with Crippen molar-refractivity contribution in [2.24, 2.45) is 105 Å². The standard InChI is InChI=1S/C53H101N29O11/c54-19-3-1-11-31(75-40(84)30(56)10-5-21-69-49(58)59)41(85)76-32(12-2-4-20-55)42(86)77-33(13-6-22-70-50(60)61)43(87)78-34(14-7-23-71-51(62)63)44(88)80-36(17-18-39(57)83)46(90)82-38(26-29-27-68-28-74-29)47(91)79-35(15-8-24-72-52(64)65)45(89)81-37(48(92)93)16-9-25-73-53(66)67/h27-28,30-38H,1-26,54-56H2,(H2,57,83)(H,68,74)(H,75,84)(H,76,85)(H,77,86)(H,78,87)(H,79,91)(H,80,88)(H,81,89)(H,82,90)(H,92,93)(H4,58,59,69)(H4,60,61,70)(H4,62,63,71)(H4,64,65,72)(H4,66,67,73)/t30-,31+,32+,33+,34-,35+,36+,37-,38+/m1/s1. The number of aromatic amines is 1. The summed E-state index contributed by atoms with van der Waals surface area (Å²) in [5, 5.41) is 30.7. The largest absolute Gasteiger partial charge is 0.480 e. The Morgan fingerprint density at radius 2 is 0.667 bits per heavy atom. The van der Waals surface area contributed by atoms with Gasteiger partial charge in [-0.05, 0) is 122 Å². The Kier molecular flexibility index (Phi) is 40.4. The van der Waals surface area contributed by atoms with E-state index in [0.29, 0.717) is 37.8 Å². The molecule has 1 rings (SSSR count). The fraction of sp³-hybridized carbons (Fsp3) is 0.660. The molecule has 0 spiro atoms. The van der Waals surface area contributed by atoms with Crippen LogP contribution in [0.1, 0.15) is 121 Å². The van der Waals surface area contributed by atoms with Crippen molar-refractivity contribution in [2.75, 3.05) is 45.8 Å². The lowest BCUT2D eigenvalue weighted by Gasteiger charge is -2.28. The first kappa shape index (κ1) is 81.2. The second-order valence-electron chi connectivity index (χ2n) is 21.5. The van der Waals surface area contributed by atoms with Crippen molar-refractivity contribution in [3.8, 4) is 0 Å². The normalized spacial score (nSPS) is 13.7. The summed E-state index contributed by atoms with van der Waals surface area (Å²) in [7, 11) is 0. The van der Waals surface area contributed by atoms with Crippen LogP contribution < -0.4 is 123 Å². The predicted molar refractivity (Wildman–Crippen MR) is 347 cm³/mol. The number of carbonyl (C=O) groups excluding carboxylic acids is 9. The van der Waals surface area contributed by atoms with Crippen molar-refractivity contribution in [1.29, 1.82) is 0 Å². The number of guanidine groups is 5. The molecule has 93 heavy (non-hydrogen) atoms. The quantitative estimate of drug-likeness (QED) is 0.0164. The fourth-order valence-electron chi connectivity index (χ4n) is 8.82. The number of unbranched alkanes of at least 4 members (excludes halogenated alkanes) is 2. The molecule has 9 amide bonds. The van der Waals surface area contributed by atoms with Gasteiger partial charge in [0.15, 0.2) is 29.8 Å². The minimum atomic E-state index is -1.68. The zero-order valence-electron chi connectivity index (χ0n) is 52.5. The highest BCUT2D eigenvalue weighted by Gasteiger charge is 2.35. The molecule has 1 aromatic heterocycles. The van der Waals surface area contributed by atoms with Crippen LogP contribution in [0.25, 0.3) is 0 Å². The van der Waals surface area contributed by atoms with Gasteiger partial charge in [-0.3, -0.25) is 68.1 Å². The van der Waals surface area contributed by atoms with Gasteiger partial charge in [-0.25, -0.2) is 9.78 Å². The van der Waals surface area contributed by atoms with Crippen LogP contribution >= 0.6 is 0 Å². The number of rotatable bonds is 50. The summed E-state index contributed by atoms with van der Waals surface area (Å²) in [5.41, 5.74) is 78.3. The monoisotopic (exact) mass is 1320 g/mol. The number of carbonyl (C=O) groups is 10. The molecule has 0 saturated carbocycles. The Morgan fingerprint density at radius 1 is 0.387 bits per heavy atom. The molecule has 0 aliphatic rings. The van der Waals surface area contributed by atoms with Gasteiger partial charge in [0.05, 0.1) is 12.4 Å². The molecular formula is C53H101N29O11. The van der Waals surface area contributed by atoms with Crippen molar-refractivity contribution in [3.05, 3.63) is 18.2 Å². The molecule has 1 heterocycles. The lowest BCUT2D eigenvalue weighted by molar-refractivity contribution is -0.142. The van der Waals surface area contributed by atoms with E-state index in [0.717, 1.165) is 0 Å². The van der Waals surface area contributed by atoms with Gasteiger partial charge < -0.3 is 133 Å². The first-order valence-electron chi connectivity index (χ1n) is 30.4. The first-order chi connectivity index (χ1) is 44.1. The van der Waals surface area contributed by atoms with Gasteiger partial charge in [0, 0.05) is 57.5 Å². The molecule has 0 aromatic carbocycles. The molecule has 0 fully saturated rings. The average Bonchev–Trinajstić information content (AvgIpc) is 1.64. The Bertz CT molecular complexity index is 2660. The van der Waals surface area contributed by atoms with Crippen molar-refractivity contribution < 1.29 is 53.1 Å². The number of amides is 9. The van der Waals surface area contributed by atoms with E-state index in [1.54, 1.807) is 0 Å². The van der Waals surface area contributed by atoms with E-state index in [-0.39, 0.29) is 153 Å². The number of primary amides is 1. The maximum Gasteiger partial charge on any atom is 0.326 e. The van der Waals surface area contributed by atoms with Gasteiger partial charge in [-0.2, -0.15) is 0 Å². The average molecular weight is 1320 g/mol. The number of aromatic nitrogens is 2. The number of imidazole rings is 1. The number of aliphatic imine (C=N–C) groups is 5. The Balaban J connectivity index is 3.81. The van der Waals surface area contributed by atoms with E-state index < -0.39 is 126 Å². The molecule has 9 atom stereocenters. The smallest absolute Gasteiger partial charge is 0.326 e. The third-order valence-electron chi connectivity index (χ3n) is 13.7. The minimum absolute atomic E-state index is 0.00728. The second kappa shape index (κ2) is 46.2. The third kappa shape index (κ3) is 37.2. The van der Waals surface area contributed by atoms with Crippen LogP contribution in [0, 0.1) is 0 Å². The second-order valence-corrected chi connectivity index (χ2v) is 21.5. The van der Waals surface area contributed by atoms with Crippen LogP contribution in [0.4, 0.5) is 0 Å². The van der Waals surface area contributed by atoms with Gasteiger partial charge in [-0.1, -0.05) is 0 Å². The lowest BCUT2D eigenvalue weighted by atomic mass is 10.0. The van der Waals surface area contributed by atoms with E-state index in [4.69, 9.17) is 80.3 Å². The molecule has 38 N–H and O–H groups in total. The summed E-state index contributed by atoms with van der Waals surface area (Å²) < 4.78 is 0. The zero-order valence-corrected chi connectivity index (χ0v) is 52.5. The molecular weight excluding hydrogens is 1220 g/mol. The Morgan fingerprint density at radius 3 is 0.968 bits per heavy atom. The summed E-state index contributed by atoms with van der Waals surface area (Å²) >= 11 is 0.